The van der Waals surface area contributed by atoms with Crippen LogP contribution in [0.25, 0.3) is 0 Å². The van der Waals surface area contributed by atoms with Crippen molar-refractivity contribution in [3.05, 3.63) is 23.4 Å². The molecular formula is C13H24N2O. The van der Waals surface area contributed by atoms with Crippen molar-refractivity contribution in [3.8, 4) is 0 Å². The second-order valence-corrected chi connectivity index (χ2v) is 3.96. The van der Waals surface area contributed by atoms with E-state index in [4.69, 9.17) is 10.5 Å². The molecule has 1 aliphatic heterocycles. The Morgan fingerprint density at radius 2 is 1.88 bits per heavy atom. The number of rotatable bonds is 2. The van der Waals surface area contributed by atoms with Crippen LogP contribution in [0.5, 0.6) is 0 Å². The normalized spacial score (nSPS) is 19.5. The van der Waals surface area contributed by atoms with E-state index in [2.05, 4.69) is 4.99 Å². The summed E-state index contributed by atoms with van der Waals surface area (Å²) in [5.74, 6) is 0.660. The molecule has 0 aliphatic carbocycles. The smallest absolute Gasteiger partial charge is 0.218 e. The van der Waals surface area contributed by atoms with Crippen LogP contribution in [0.2, 0.25) is 0 Å². The lowest BCUT2D eigenvalue weighted by Gasteiger charge is -2.07. The number of ether oxygens (including phenoxy) is 1. The van der Waals surface area contributed by atoms with E-state index in [-0.39, 0.29) is 5.54 Å². The van der Waals surface area contributed by atoms with Gasteiger partial charge in [0.2, 0.25) is 5.90 Å². The third kappa shape index (κ3) is 3.72. The van der Waals surface area contributed by atoms with E-state index in [0.29, 0.717) is 18.2 Å². The fourth-order valence-corrected chi connectivity index (χ4v) is 1.29. The molecule has 0 aromatic rings. The Kier molecular flexibility index (Phi) is 5.86. The molecule has 0 aromatic heterocycles. The zero-order valence-electron chi connectivity index (χ0n) is 11.3. The summed E-state index contributed by atoms with van der Waals surface area (Å²) in [5.41, 5.74) is 7.30. The fourth-order valence-electron chi connectivity index (χ4n) is 1.29. The van der Waals surface area contributed by atoms with E-state index in [9.17, 15) is 0 Å². The van der Waals surface area contributed by atoms with E-state index < -0.39 is 0 Å². The fraction of sp³-hybridized carbons (Fsp3) is 0.615. The van der Waals surface area contributed by atoms with Crippen LogP contribution in [0.4, 0.5) is 0 Å². The van der Waals surface area contributed by atoms with E-state index in [0.717, 1.165) is 5.57 Å². The van der Waals surface area contributed by atoms with Crippen molar-refractivity contribution in [2.45, 2.75) is 47.1 Å². The van der Waals surface area contributed by atoms with Gasteiger partial charge in [0.05, 0.1) is 11.1 Å². The maximum atomic E-state index is 5.83. The van der Waals surface area contributed by atoms with Gasteiger partial charge in [-0.1, -0.05) is 26.0 Å². The Hall–Kier alpha value is -1.25. The van der Waals surface area contributed by atoms with Crippen LogP contribution >= 0.6 is 0 Å². The molecule has 92 valence electrons. The number of hydrogen-bond donors (Lipinski definition) is 1. The minimum Gasteiger partial charge on any atom is -0.475 e. The summed E-state index contributed by atoms with van der Waals surface area (Å²) >= 11 is 0. The van der Waals surface area contributed by atoms with Gasteiger partial charge in [-0.3, -0.25) is 0 Å². The van der Waals surface area contributed by atoms with Crippen LogP contribution in [0, 0.1) is 0 Å². The number of nitrogens with zero attached hydrogens (tertiary/aromatic N) is 1. The molecule has 3 heteroatoms. The molecule has 0 saturated heterocycles. The SMILES string of the molecule is C/C=C(N)\C(=C/C)C1=NC(C)(C)CO1.CC. The van der Waals surface area contributed by atoms with Crippen molar-refractivity contribution >= 4 is 5.90 Å². The van der Waals surface area contributed by atoms with Gasteiger partial charge >= 0.3 is 0 Å². The van der Waals surface area contributed by atoms with Gasteiger partial charge in [0.25, 0.3) is 0 Å². The summed E-state index contributed by atoms with van der Waals surface area (Å²) in [5, 5.41) is 0. The van der Waals surface area contributed by atoms with Gasteiger partial charge in [0, 0.05) is 5.70 Å². The van der Waals surface area contributed by atoms with Gasteiger partial charge in [-0.25, -0.2) is 4.99 Å². The largest absolute Gasteiger partial charge is 0.475 e. The van der Waals surface area contributed by atoms with E-state index in [1.54, 1.807) is 0 Å². The monoisotopic (exact) mass is 224 g/mol. The van der Waals surface area contributed by atoms with Crippen LogP contribution in [-0.4, -0.2) is 18.0 Å². The molecule has 0 aromatic carbocycles. The summed E-state index contributed by atoms with van der Waals surface area (Å²) < 4.78 is 5.51. The highest BCUT2D eigenvalue weighted by atomic mass is 16.5. The second-order valence-electron chi connectivity index (χ2n) is 3.96. The Morgan fingerprint density at radius 1 is 1.31 bits per heavy atom. The number of aliphatic imine (C=N–C) groups is 1. The molecule has 0 spiro atoms. The molecule has 1 heterocycles. The molecule has 1 rings (SSSR count). The second kappa shape index (κ2) is 6.36. The van der Waals surface area contributed by atoms with E-state index in [1.807, 2.05) is 53.7 Å². The first-order valence-electron chi connectivity index (χ1n) is 5.81. The van der Waals surface area contributed by atoms with Crippen molar-refractivity contribution in [3.63, 3.8) is 0 Å². The Balaban J connectivity index is 0.00000106. The van der Waals surface area contributed by atoms with Crippen molar-refractivity contribution < 1.29 is 4.74 Å². The summed E-state index contributed by atoms with van der Waals surface area (Å²) in [6, 6.07) is 0. The number of allylic oxidation sites excluding steroid dienone is 2. The molecular weight excluding hydrogens is 200 g/mol. The molecule has 2 N–H and O–H groups in total. The van der Waals surface area contributed by atoms with Crippen LogP contribution < -0.4 is 5.73 Å². The van der Waals surface area contributed by atoms with Crippen LogP contribution in [-0.2, 0) is 4.74 Å². The predicted molar refractivity (Wildman–Crippen MR) is 70.5 cm³/mol. The standard InChI is InChI=1S/C11H18N2O.C2H6/c1-5-8(9(12)6-2)10-13-11(3,4)7-14-10;1-2/h5-6H,7,12H2,1-4H3;1-2H3/b8-5+,9-6+;. The van der Waals surface area contributed by atoms with Crippen LogP contribution in [0.15, 0.2) is 28.4 Å². The van der Waals surface area contributed by atoms with Crippen LogP contribution in [0.1, 0.15) is 41.5 Å². The molecule has 0 amide bonds. The minimum absolute atomic E-state index is 0.127. The molecule has 0 unspecified atom stereocenters. The third-order valence-electron chi connectivity index (χ3n) is 2.11. The molecule has 0 fully saturated rings. The van der Waals surface area contributed by atoms with Gasteiger partial charge in [0.15, 0.2) is 0 Å². The number of hydrogen-bond acceptors (Lipinski definition) is 3. The highest BCUT2D eigenvalue weighted by molar-refractivity contribution is 5.98. The molecule has 1 aliphatic rings. The molecule has 0 atom stereocenters. The van der Waals surface area contributed by atoms with Crippen molar-refractivity contribution in [1.29, 1.82) is 0 Å². The first-order valence-corrected chi connectivity index (χ1v) is 5.81. The zero-order valence-corrected chi connectivity index (χ0v) is 11.3. The lowest BCUT2D eigenvalue weighted by molar-refractivity contribution is 0.279. The van der Waals surface area contributed by atoms with E-state index >= 15 is 0 Å². The highest BCUT2D eigenvalue weighted by Crippen LogP contribution is 2.22. The Labute approximate surface area is 99.1 Å². The average Bonchev–Trinajstić information content (AvgIpc) is 2.62. The zero-order chi connectivity index (χ0) is 12.8. The summed E-state index contributed by atoms with van der Waals surface area (Å²) in [4.78, 5) is 4.47. The lowest BCUT2D eigenvalue weighted by atomic mass is 10.1. The molecule has 3 nitrogen and oxygen atoms in total. The van der Waals surface area contributed by atoms with Crippen LogP contribution in [0.3, 0.4) is 0 Å². The van der Waals surface area contributed by atoms with Gasteiger partial charge in [-0.2, -0.15) is 0 Å². The Bertz CT molecular complexity index is 312. The van der Waals surface area contributed by atoms with Gasteiger partial charge in [0.1, 0.15) is 6.61 Å². The van der Waals surface area contributed by atoms with Crippen molar-refractivity contribution in [2.75, 3.05) is 6.61 Å². The topological polar surface area (TPSA) is 47.6 Å². The summed E-state index contributed by atoms with van der Waals surface area (Å²) in [6.07, 6.45) is 3.78. The molecule has 0 saturated carbocycles. The molecule has 0 bridgehead atoms. The Morgan fingerprint density at radius 3 is 2.19 bits per heavy atom. The van der Waals surface area contributed by atoms with Crippen molar-refractivity contribution in [2.24, 2.45) is 10.7 Å². The highest BCUT2D eigenvalue weighted by Gasteiger charge is 2.28. The minimum atomic E-state index is -0.127. The molecule has 0 radical (unpaired) electrons. The average molecular weight is 224 g/mol. The van der Waals surface area contributed by atoms with Gasteiger partial charge < -0.3 is 10.5 Å². The lowest BCUT2D eigenvalue weighted by Crippen LogP contribution is -2.17. The third-order valence-corrected chi connectivity index (χ3v) is 2.11. The number of nitrogens with two attached hydrogens (primary N) is 1. The summed E-state index contributed by atoms with van der Waals surface area (Å²) in [6.45, 7) is 12.5. The molecule has 16 heavy (non-hydrogen) atoms. The first kappa shape index (κ1) is 14.8. The van der Waals surface area contributed by atoms with Crippen molar-refractivity contribution in [1.82, 2.24) is 0 Å². The quantitative estimate of drug-likeness (QED) is 0.733. The van der Waals surface area contributed by atoms with Gasteiger partial charge in [-0.05, 0) is 27.7 Å². The predicted octanol–water partition coefficient (Wildman–Crippen LogP) is 3.03. The summed E-state index contributed by atoms with van der Waals surface area (Å²) in [7, 11) is 0. The first-order chi connectivity index (χ1) is 7.50. The van der Waals surface area contributed by atoms with E-state index in [1.165, 1.54) is 0 Å². The van der Waals surface area contributed by atoms with Gasteiger partial charge in [-0.15, -0.1) is 0 Å². The maximum absolute atomic E-state index is 5.83. The maximum Gasteiger partial charge on any atom is 0.218 e.